The summed E-state index contributed by atoms with van der Waals surface area (Å²) in [6.45, 7) is 2.31. The Morgan fingerprint density at radius 2 is 1.84 bits per heavy atom. The number of rotatable bonds is 4. The summed E-state index contributed by atoms with van der Waals surface area (Å²) in [5, 5.41) is 3.26. The molecule has 0 aliphatic rings. The molecule has 0 fully saturated rings. The van der Waals surface area contributed by atoms with Crippen LogP contribution in [0, 0.1) is 11.6 Å². The molecule has 1 nitrogen and oxygen atoms in total. The van der Waals surface area contributed by atoms with Gasteiger partial charge in [-0.3, -0.25) is 0 Å². The first-order valence-corrected chi connectivity index (χ1v) is 6.37. The van der Waals surface area contributed by atoms with Crippen molar-refractivity contribution >= 4 is 11.6 Å². The zero-order valence-electron chi connectivity index (χ0n) is 10.5. The van der Waals surface area contributed by atoms with Crippen LogP contribution in [0.15, 0.2) is 42.5 Å². The average Bonchev–Trinajstić information content (AvgIpc) is 2.40. The van der Waals surface area contributed by atoms with Crippen molar-refractivity contribution in [1.82, 2.24) is 5.32 Å². The topological polar surface area (TPSA) is 12.0 Å². The lowest BCUT2D eigenvalue weighted by Crippen LogP contribution is -2.19. The molecular weight excluding hydrogens is 268 g/mol. The molecule has 0 spiro atoms. The van der Waals surface area contributed by atoms with Crippen molar-refractivity contribution in [2.45, 2.75) is 19.5 Å². The Morgan fingerprint density at radius 1 is 1.11 bits per heavy atom. The molecule has 19 heavy (non-hydrogen) atoms. The summed E-state index contributed by atoms with van der Waals surface area (Å²) >= 11 is 5.62. The van der Waals surface area contributed by atoms with E-state index in [2.05, 4.69) is 5.32 Å². The standard InChI is InChI=1S/C15H14ClF2N/c1-10(12-4-2-3-5-14(12)17)19-9-11-6-7-13(16)15(18)8-11/h2-8,10,19H,9H2,1H3. The van der Waals surface area contributed by atoms with Crippen LogP contribution in [0.1, 0.15) is 24.1 Å². The zero-order valence-corrected chi connectivity index (χ0v) is 11.2. The van der Waals surface area contributed by atoms with E-state index in [-0.39, 0.29) is 16.9 Å². The number of hydrogen-bond donors (Lipinski definition) is 1. The van der Waals surface area contributed by atoms with E-state index in [1.165, 1.54) is 18.2 Å². The van der Waals surface area contributed by atoms with E-state index in [1.807, 2.05) is 6.92 Å². The maximum absolute atomic E-state index is 13.6. The van der Waals surface area contributed by atoms with Crippen molar-refractivity contribution in [3.05, 3.63) is 70.2 Å². The van der Waals surface area contributed by atoms with Crippen LogP contribution in [0.4, 0.5) is 8.78 Å². The van der Waals surface area contributed by atoms with Gasteiger partial charge in [0.2, 0.25) is 0 Å². The Bertz CT molecular complexity index is 572. The van der Waals surface area contributed by atoms with Crippen molar-refractivity contribution in [3.63, 3.8) is 0 Å². The van der Waals surface area contributed by atoms with Gasteiger partial charge in [-0.25, -0.2) is 8.78 Å². The number of benzene rings is 2. The van der Waals surface area contributed by atoms with Crippen molar-refractivity contribution in [2.24, 2.45) is 0 Å². The van der Waals surface area contributed by atoms with Crippen molar-refractivity contribution in [3.8, 4) is 0 Å². The molecule has 0 heterocycles. The molecule has 0 bridgehead atoms. The van der Waals surface area contributed by atoms with E-state index in [0.29, 0.717) is 12.1 Å². The molecule has 2 aromatic carbocycles. The third-order valence-electron chi connectivity index (χ3n) is 2.97. The van der Waals surface area contributed by atoms with Crippen LogP contribution in [0.2, 0.25) is 5.02 Å². The molecule has 0 aliphatic carbocycles. The minimum Gasteiger partial charge on any atom is -0.306 e. The van der Waals surface area contributed by atoms with Gasteiger partial charge in [-0.15, -0.1) is 0 Å². The third kappa shape index (κ3) is 3.52. The molecule has 0 aromatic heterocycles. The van der Waals surface area contributed by atoms with Crippen LogP contribution in [0.3, 0.4) is 0 Å². The van der Waals surface area contributed by atoms with Gasteiger partial charge in [0.1, 0.15) is 11.6 Å². The van der Waals surface area contributed by atoms with Gasteiger partial charge in [0.05, 0.1) is 5.02 Å². The highest BCUT2D eigenvalue weighted by Crippen LogP contribution is 2.18. The predicted molar refractivity (Wildman–Crippen MR) is 73.1 cm³/mol. The van der Waals surface area contributed by atoms with E-state index < -0.39 is 5.82 Å². The quantitative estimate of drug-likeness (QED) is 0.872. The first-order valence-electron chi connectivity index (χ1n) is 5.99. The lowest BCUT2D eigenvalue weighted by Gasteiger charge is -2.15. The van der Waals surface area contributed by atoms with Crippen LogP contribution in [-0.2, 0) is 6.54 Å². The first-order chi connectivity index (χ1) is 9.08. The Morgan fingerprint density at radius 3 is 2.53 bits per heavy atom. The van der Waals surface area contributed by atoms with Gasteiger partial charge in [-0.1, -0.05) is 35.9 Å². The second-order valence-corrected chi connectivity index (χ2v) is 4.78. The van der Waals surface area contributed by atoms with E-state index in [4.69, 9.17) is 11.6 Å². The minimum atomic E-state index is -0.445. The first kappa shape index (κ1) is 14.0. The van der Waals surface area contributed by atoms with E-state index in [1.54, 1.807) is 24.3 Å². The molecule has 0 radical (unpaired) electrons. The highest BCUT2D eigenvalue weighted by Gasteiger charge is 2.09. The maximum Gasteiger partial charge on any atom is 0.142 e. The molecular formula is C15H14ClF2N. The fourth-order valence-electron chi connectivity index (χ4n) is 1.86. The Kier molecular flexibility index (Phi) is 4.51. The lowest BCUT2D eigenvalue weighted by molar-refractivity contribution is 0.526. The second kappa shape index (κ2) is 6.13. The van der Waals surface area contributed by atoms with Gasteiger partial charge in [0, 0.05) is 18.2 Å². The molecule has 100 valence electrons. The number of hydrogen-bond acceptors (Lipinski definition) is 1. The lowest BCUT2D eigenvalue weighted by atomic mass is 10.1. The molecule has 1 unspecified atom stereocenters. The molecule has 4 heteroatoms. The van der Waals surface area contributed by atoms with Crippen LogP contribution in [0.25, 0.3) is 0 Å². The predicted octanol–water partition coefficient (Wildman–Crippen LogP) is 4.47. The molecule has 0 saturated heterocycles. The van der Waals surface area contributed by atoms with Crippen LogP contribution in [0.5, 0.6) is 0 Å². The molecule has 0 amide bonds. The van der Waals surface area contributed by atoms with Gasteiger partial charge in [0.15, 0.2) is 0 Å². The largest absolute Gasteiger partial charge is 0.306 e. The van der Waals surface area contributed by atoms with Gasteiger partial charge in [-0.2, -0.15) is 0 Å². The molecule has 1 atom stereocenters. The van der Waals surface area contributed by atoms with Gasteiger partial charge in [0.25, 0.3) is 0 Å². The zero-order chi connectivity index (χ0) is 13.8. The maximum atomic E-state index is 13.6. The van der Waals surface area contributed by atoms with Gasteiger partial charge in [-0.05, 0) is 30.7 Å². The van der Waals surface area contributed by atoms with Crippen molar-refractivity contribution in [1.29, 1.82) is 0 Å². The van der Waals surface area contributed by atoms with E-state index >= 15 is 0 Å². The third-order valence-corrected chi connectivity index (χ3v) is 3.27. The van der Waals surface area contributed by atoms with Crippen LogP contribution in [-0.4, -0.2) is 0 Å². The summed E-state index contributed by atoms with van der Waals surface area (Å²) in [5.41, 5.74) is 1.36. The average molecular weight is 282 g/mol. The normalized spacial score (nSPS) is 12.4. The monoisotopic (exact) mass is 281 g/mol. The summed E-state index contributed by atoms with van der Waals surface area (Å²) in [4.78, 5) is 0. The SMILES string of the molecule is CC(NCc1ccc(Cl)c(F)c1)c1ccccc1F. The van der Waals surface area contributed by atoms with Crippen molar-refractivity contribution < 1.29 is 8.78 Å². The fraction of sp³-hybridized carbons (Fsp3) is 0.200. The Balaban J connectivity index is 2.02. The van der Waals surface area contributed by atoms with E-state index in [9.17, 15) is 8.78 Å². The smallest absolute Gasteiger partial charge is 0.142 e. The summed E-state index contributed by atoms with van der Waals surface area (Å²) in [7, 11) is 0. The Hall–Kier alpha value is -1.45. The summed E-state index contributed by atoms with van der Waals surface area (Å²) in [6, 6.07) is 11.1. The molecule has 0 aliphatic heterocycles. The molecule has 0 saturated carbocycles. The van der Waals surface area contributed by atoms with Crippen LogP contribution >= 0.6 is 11.6 Å². The summed E-state index contributed by atoms with van der Waals surface area (Å²) in [6.07, 6.45) is 0. The van der Waals surface area contributed by atoms with Crippen molar-refractivity contribution in [2.75, 3.05) is 0 Å². The minimum absolute atomic E-state index is 0.103. The molecule has 2 rings (SSSR count). The number of nitrogens with one attached hydrogen (secondary N) is 1. The molecule has 1 N–H and O–H groups in total. The van der Waals surface area contributed by atoms with Gasteiger partial charge >= 0.3 is 0 Å². The highest BCUT2D eigenvalue weighted by molar-refractivity contribution is 6.30. The van der Waals surface area contributed by atoms with E-state index in [0.717, 1.165) is 5.56 Å². The van der Waals surface area contributed by atoms with Crippen LogP contribution < -0.4 is 5.32 Å². The fourth-order valence-corrected chi connectivity index (χ4v) is 1.97. The summed E-state index contributed by atoms with van der Waals surface area (Å²) in [5.74, 6) is -0.690. The number of halogens is 3. The Labute approximate surface area is 116 Å². The van der Waals surface area contributed by atoms with Gasteiger partial charge < -0.3 is 5.32 Å². The second-order valence-electron chi connectivity index (χ2n) is 4.37. The highest BCUT2D eigenvalue weighted by atomic mass is 35.5. The molecule has 2 aromatic rings. The summed E-state index contributed by atoms with van der Waals surface area (Å²) < 4.78 is 26.8.